The van der Waals surface area contributed by atoms with Gasteiger partial charge in [0.05, 0.1) is 10.8 Å². The van der Waals surface area contributed by atoms with Gasteiger partial charge >= 0.3 is 5.97 Å². The minimum absolute atomic E-state index is 0.0100. The van der Waals surface area contributed by atoms with E-state index in [-0.39, 0.29) is 17.3 Å². The van der Waals surface area contributed by atoms with Crippen molar-refractivity contribution in [3.05, 3.63) is 83.2 Å². The van der Waals surface area contributed by atoms with E-state index in [4.69, 9.17) is 9.88 Å². The highest BCUT2D eigenvalue weighted by Crippen LogP contribution is 2.24. The molecule has 1 unspecified atom stereocenters. The summed E-state index contributed by atoms with van der Waals surface area (Å²) < 4.78 is 30.1. The van der Waals surface area contributed by atoms with Crippen LogP contribution in [-0.4, -0.2) is 31.3 Å². The number of Topliss-reactive ketones (excluding diaryl/α,β-unsaturated/α-hetero) is 1. The molecule has 2 aromatic carbocycles. The Kier molecular flexibility index (Phi) is 6.96. The molecule has 168 valence electrons. The maximum Gasteiger partial charge on any atom is 0.313 e. The number of primary sulfonamides is 1. The number of sulfonamides is 1. The minimum atomic E-state index is -3.79. The zero-order valence-corrected chi connectivity index (χ0v) is 19.1. The lowest BCUT2D eigenvalue weighted by Crippen LogP contribution is -2.20. The predicted octanol–water partition coefficient (Wildman–Crippen LogP) is 3.66. The van der Waals surface area contributed by atoms with Gasteiger partial charge in [-0.2, -0.15) is 0 Å². The van der Waals surface area contributed by atoms with Crippen molar-refractivity contribution >= 4 is 21.8 Å². The third kappa shape index (κ3) is 4.98. The van der Waals surface area contributed by atoms with Crippen molar-refractivity contribution in [3.63, 3.8) is 0 Å². The highest BCUT2D eigenvalue weighted by molar-refractivity contribution is 7.89. The zero-order valence-electron chi connectivity index (χ0n) is 18.2. The number of aromatic nitrogens is 1. The van der Waals surface area contributed by atoms with Gasteiger partial charge in [-0.25, -0.2) is 13.6 Å². The van der Waals surface area contributed by atoms with E-state index in [1.165, 1.54) is 12.1 Å². The number of nitrogens with zero attached hydrogens (tertiary/aromatic N) is 1. The van der Waals surface area contributed by atoms with E-state index in [1.54, 1.807) is 25.1 Å². The van der Waals surface area contributed by atoms with Gasteiger partial charge in [-0.05, 0) is 56.2 Å². The number of nitrogens with two attached hydrogens (primary N) is 1. The third-order valence-electron chi connectivity index (χ3n) is 5.40. The Labute approximate surface area is 187 Å². The number of ketones is 1. The Morgan fingerprint density at radius 2 is 1.66 bits per heavy atom. The number of carbonyl (C=O) groups excluding carboxylic acids is 2. The summed E-state index contributed by atoms with van der Waals surface area (Å²) in [7, 11) is -3.79. The smallest absolute Gasteiger partial charge is 0.313 e. The molecule has 1 atom stereocenters. The average molecular weight is 455 g/mol. The van der Waals surface area contributed by atoms with Gasteiger partial charge in [-0.3, -0.25) is 9.59 Å². The van der Waals surface area contributed by atoms with Gasteiger partial charge in [0.1, 0.15) is 0 Å². The van der Waals surface area contributed by atoms with Crippen molar-refractivity contribution in [2.45, 2.75) is 38.0 Å². The average Bonchev–Trinajstić information content (AvgIpc) is 3.06. The maximum absolute atomic E-state index is 12.8. The molecular weight excluding hydrogens is 428 g/mol. The van der Waals surface area contributed by atoms with Crippen LogP contribution in [0.5, 0.6) is 0 Å². The summed E-state index contributed by atoms with van der Waals surface area (Å²) in [5.74, 6) is -1.16. The highest BCUT2D eigenvalue weighted by atomic mass is 32.2. The molecule has 0 aliphatic rings. The minimum Gasteiger partial charge on any atom is -0.457 e. The van der Waals surface area contributed by atoms with Crippen LogP contribution in [0.25, 0.3) is 5.69 Å². The molecule has 0 saturated carbocycles. The van der Waals surface area contributed by atoms with Gasteiger partial charge in [0.25, 0.3) is 0 Å². The van der Waals surface area contributed by atoms with Crippen LogP contribution in [0, 0.1) is 13.8 Å². The maximum atomic E-state index is 12.8. The fourth-order valence-corrected chi connectivity index (χ4v) is 4.28. The molecule has 0 aliphatic heterocycles. The highest BCUT2D eigenvalue weighted by Gasteiger charge is 2.23. The van der Waals surface area contributed by atoms with E-state index in [0.717, 1.165) is 11.3 Å². The summed E-state index contributed by atoms with van der Waals surface area (Å²) in [6.07, 6.45) is 0.570. The van der Waals surface area contributed by atoms with E-state index in [0.29, 0.717) is 23.4 Å². The first-order chi connectivity index (χ1) is 15.1. The van der Waals surface area contributed by atoms with Crippen LogP contribution in [0.1, 0.15) is 46.6 Å². The van der Waals surface area contributed by atoms with Crippen molar-refractivity contribution in [2.24, 2.45) is 5.14 Å². The molecule has 1 heterocycles. The summed E-state index contributed by atoms with van der Waals surface area (Å²) in [6, 6.07) is 17.2. The van der Waals surface area contributed by atoms with E-state index in [2.05, 4.69) is 0 Å². The van der Waals surface area contributed by atoms with Crippen LogP contribution in [-0.2, 0) is 19.6 Å². The molecule has 0 bridgehead atoms. The predicted molar refractivity (Wildman–Crippen MR) is 121 cm³/mol. The number of rotatable bonds is 8. The van der Waals surface area contributed by atoms with Gasteiger partial charge in [-0.15, -0.1) is 0 Å². The van der Waals surface area contributed by atoms with E-state index in [1.807, 2.05) is 48.7 Å². The lowest BCUT2D eigenvalue weighted by molar-refractivity contribution is -0.144. The Bertz CT molecular complexity index is 1230. The van der Waals surface area contributed by atoms with Gasteiger partial charge in [-0.1, -0.05) is 37.3 Å². The van der Waals surface area contributed by atoms with Crippen LogP contribution in [0.4, 0.5) is 0 Å². The lowest BCUT2D eigenvalue weighted by Gasteiger charge is -2.14. The molecule has 1 aromatic heterocycles. The Morgan fingerprint density at radius 1 is 1.03 bits per heavy atom. The summed E-state index contributed by atoms with van der Waals surface area (Å²) in [6.45, 7) is 5.17. The number of esters is 1. The number of benzene rings is 2. The van der Waals surface area contributed by atoms with Gasteiger partial charge in [0.15, 0.2) is 6.61 Å². The van der Waals surface area contributed by atoms with Crippen molar-refractivity contribution in [1.29, 1.82) is 0 Å². The number of ether oxygens (including phenoxy) is 1. The van der Waals surface area contributed by atoms with Gasteiger partial charge in [0, 0.05) is 22.6 Å². The van der Waals surface area contributed by atoms with Gasteiger partial charge < -0.3 is 9.30 Å². The molecule has 0 spiro atoms. The van der Waals surface area contributed by atoms with Crippen molar-refractivity contribution in [3.8, 4) is 5.69 Å². The van der Waals surface area contributed by atoms with E-state index < -0.39 is 21.9 Å². The van der Waals surface area contributed by atoms with Crippen molar-refractivity contribution < 1.29 is 22.7 Å². The van der Waals surface area contributed by atoms with E-state index >= 15 is 0 Å². The first-order valence-corrected chi connectivity index (χ1v) is 11.7. The van der Waals surface area contributed by atoms with Crippen LogP contribution >= 0.6 is 0 Å². The largest absolute Gasteiger partial charge is 0.457 e. The van der Waals surface area contributed by atoms with Crippen LogP contribution in [0.15, 0.2) is 65.6 Å². The first kappa shape index (κ1) is 23.4. The fourth-order valence-electron chi connectivity index (χ4n) is 3.77. The Hall–Kier alpha value is -3.23. The molecule has 8 heteroatoms. The molecule has 0 amide bonds. The summed E-state index contributed by atoms with van der Waals surface area (Å²) in [4.78, 5) is 25.4. The quantitative estimate of drug-likeness (QED) is 0.413. The molecule has 7 nitrogen and oxygen atoms in total. The third-order valence-corrected chi connectivity index (χ3v) is 6.32. The number of hydrogen-bond donors (Lipinski definition) is 1. The topological polar surface area (TPSA) is 108 Å². The summed E-state index contributed by atoms with van der Waals surface area (Å²) in [5.41, 5.74) is 3.45. The second-order valence-corrected chi connectivity index (χ2v) is 9.12. The lowest BCUT2D eigenvalue weighted by atomic mass is 9.97. The van der Waals surface area contributed by atoms with Crippen LogP contribution < -0.4 is 5.14 Å². The normalized spacial score (nSPS) is 12.4. The molecule has 3 rings (SSSR count). The van der Waals surface area contributed by atoms with Crippen molar-refractivity contribution in [1.82, 2.24) is 4.57 Å². The second-order valence-electron chi connectivity index (χ2n) is 7.56. The SMILES string of the molecule is CCC(C(=O)OCC(=O)c1cc(C)n(-c2ccc(S(N)(=O)=O)cc2)c1C)c1ccccc1. The Balaban J connectivity index is 1.76. The molecule has 3 aromatic rings. The second kappa shape index (κ2) is 9.50. The first-order valence-electron chi connectivity index (χ1n) is 10.2. The molecule has 32 heavy (non-hydrogen) atoms. The Morgan fingerprint density at radius 3 is 2.22 bits per heavy atom. The summed E-state index contributed by atoms with van der Waals surface area (Å²) >= 11 is 0. The molecular formula is C24H26N2O5S. The van der Waals surface area contributed by atoms with Crippen LogP contribution in [0.2, 0.25) is 0 Å². The van der Waals surface area contributed by atoms with E-state index in [9.17, 15) is 18.0 Å². The molecule has 0 fully saturated rings. The monoisotopic (exact) mass is 454 g/mol. The molecule has 0 saturated heterocycles. The molecule has 0 radical (unpaired) electrons. The zero-order chi connectivity index (χ0) is 23.5. The van der Waals surface area contributed by atoms with Crippen LogP contribution in [0.3, 0.4) is 0 Å². The fraction of sp³-hybridized carbons (Fsp3) is 0.250. The number of aryl methyl sites for hydroxylation is 1. The number of carbonyl (C=O) groups is 2. The van der Waals surface area contributed by atoms with Crippen molar-refractivity contribution in [2.75, 3.05) is 6.61 Å². The molecule has 0 aliphatic carbocycles. The standard InChI is InChI=1S/C24H26N2O5S/c1-4-21(18-8-6-5-7-9-18)24(28)31-15-23(27)22-14-16(2)26(17(22)3)19-10-12-20(13-11-19)32(25,29)30/h5-14,21H,4,15H2,1-3H3,(H2,25,29,30). The molecule has 2 N–H and O–H groups in total. The van der Waals surface area contributed by atoms with Gasteiger partial charge in [0.2, 0.25) is 15.8 Å². The summed E-state index contributed by atoms with van der Waals surface area (Å²) in [5, 5.41) is 5.15. The number of hydrogen-bond acceptors (Lipinski definition) is 5.